The zero-order chi connectivity index (χ0) is 12.1. The summed E-state index contributed by atoms with van der Waals surface area (Å²) >= 11 is 0. The maximum absolute atomic E-state index is 11.9. The van der Waals surface area contributed by atoms with Crippen LogP contribution in [0.4, 0.5) is 5.82 Å². The Balaban J connectivity index is 0.00000162. The van der Waals surface area contributed by atoms with Gasteiger partial charge >= 0.3 is 0 Å². The third-order valence-electron chi connectivity index (χ3n) is 2.79. The van der Waals surface area contributed by atoms with E-state index in [1.807, 2.05) is 0 Å². The van der Waals surface area contributed by atoms with Crippen molar-refractivity contribution in [2.24, 2.45) is 0 Å². The molecule has 1 atom stereocenters. The summed E-state index contributed by atoms with van der Waals surface area (Å²) in [6.07, 6.45) is 2.79. The van der Waals surface area contributed by atoms with Gasteiger partial charge in [-0.15, -0.1) is 12.4 Å². The molecule has 1 aromatic heterocycles. The molecule has 18 heavy (non-hydrogen) atoms. The molecule has 0 bridgehead atoms. The molecule has 1 fully saturated rings. The number of carbonyl (C=O) groups is 1. The Morgan fingerprint density at radius 1 is 1.39 bits per heavy atom. The van der Waals surface area contributed by atoms with E-state index in [0.29, 0.717) is 18.1 Å². The quantitative estimate of drug-likeness (QED) is 0.852. The van der Waals surface area contributed by atoms with Crippen molar-refractivity contribution in [1.29, 1.82) is 0 Å². The van der Waals surface area contributed by atoms with E-state index in [9.17, 15) is 4.79 Å². The molecule has 1 aliphatic rings. The molecule has 0 aromatic carbocycles. The first kappa shape index (κ1) is 14.7. The van der Waals surface area contributed by atoms with E-state index in [2.05, 4.69) is 10.3 Å². The minimum absolute atomic E-state index is 0. The largest absolute Gasteiger partial charge is 0.384 e. The van der Waals surface area contributed by atoms with E-state index in [4.69, 9.17) is 10.5 Å². The average Bonchev–Trinajstić information content (AvgIpc) is 2.57. The van der Waals surface area contributed by atoms with Crippen LogP contribution >= 0.6 is 12.4 Å². The number of nitrogens with zero attached hydrogens (tertiary/aromatic N) is 1. The molecule has 1 saturated heterocycles. The molecule has 0 saturated carbocycles. The Bertz CT molecular complexity index is 393. The Kier molecular flexibility index (Phi) is 5.88. The number of aromatic nitrogens is 1. The minimum Gasteiger partial charge on any atom is -0.384 e. The van der Waals surface area contributed by atoms with E-state index in [-0.39, 0.29) is 24.4 Å². The highest BCUT2D eigenvalue weighted by atomic mass is 35.5. The van der Waals surface area contributed by atoms with Crippen LogP contribution in [0, 0.1) is 0 Å². The number of nitrogen functional groups attached to an aromatic ring is 1. The van der Waals surface area contributed by atoms with Gasteiger partial charge in [0.1, 0.15) is 11.5 Å². The lowest BCUT2D eigenvalue weighted by Gasteiger charge is -2.15. The number of carbonyl (C=O) groups excluding carboxylic acids is 1. The summed E-state index contributed by atoms with van der Waals surface area (Å²) in [5, 5.41) is 2.97. The van der Waals surface area contributed by atoms with Gasteiger partial charge in [0, 0.05) is 19.3 Å². The summed E-state index contributed by atoms with van der Waals surface area (Å²) in [6.45, 7) is 1.48. The molecular weight excluding hydrogens is 254 g/mol. The molecule has 0 spiro atoms. The number of anilines is 1. The van der Waals surface area contributed by atoms with Gasteiger partial charge in [-0.1, -0.05) is 6.07 Å². The SMILES string of the molecule is Cl.Nc1cccc(C(=O)NC2CCCOCC2)n1. The predicted octanol–water partition coefficient (Wildman–Crippen LogP) is 1.38. The number of amides is 1. The zero-order valence-corrected chi connectivity index (χ0v) is 10.9. The van der Waals surface area contributed by atoms with Gasteiger partial charge in [0.2, 0.25) is 0 Å². The van der Waals surface area contributed by atoms with Crippen molar-refractivity contribution >= 4 is 24.1 Å². The highest BCUT2D eigenvalue weighted by Gasteiger charge is 2.16. The van der Waals surface area contributed by atoms with Gasteiger partial charge in [0.05, 0.1) is 0 Å². The van der Waals surface area contributed by atoms with Crippen LogP contribution in [-0.2, 0) is 4.74 Å². The summed E-state index contributed by atoms with van der Waals surface area (Å²) in [5.74, 6) is 0.200. The van der Waals surface area contributed by atoms with Crippen LogP contribution < -0.4 is 11.1 Å². The van der Waals surface area contributed by atoms with Crippen LogP contribution in [0.3, 0.4) is 0 Å². The maximum atomic E-state index is 11.9. The molecule has 1 aromatic rings. The lowest BCUT2D eigenvalue weighted by molar-refractivity contribution is 0.0924. The number of nitrogens with one attached hydrogen (secondary N) is 1. The van der Waals surface area contributed by atoms with Crippen molar-refractivity contribution in [3.8, 4) is 0 Å². The number of hydrogen-bond donors (Lipinski definition) is 2. The number of halogens is 1. The fraction of sp³-hybridized carbons (Fsp3) is 0.500. The predicted molar refractivity (Wildman–Crippen MR) is 71.8 cm³/mol. The second kappa shape index (κ2) is 7.18. The fourth-order valence-electron chi connectivity index (χ4n) is 1.89. The highest BCUT2D eigenvalue weighted by molar-refractivity contribution is 5.92. The van der Waals surface area contributed by atoms with Crippen LogP contribution in [0.25, 0.3) is 0 Å². The van der Waals surface area contributed by atoms with Gasteiger partial charge in [0.25, 0.3) is 5.91 Å². The number of pyridine rings is 1. The summed E-state index contributed by atoms with van der Waals surface area (Å²) in [5.41, 5.74) is 5.91. The van der Waals surface area contributed by atoms with Crippen molar-refractivity contribution in [2.45, 2.75) is 25.3 Å². The third-order valence-corrected chi connectivity index (χ3v) is 2.79. The molecule has 1 amide bonds. The molecule has 2 rings (SSSR count). The molecule has 1 aliphatic heterocycles. The van der Waals surface area contributed by atoms with Crippen molar-refractivity contribution < 1.29 is 9.53 Å². The normalized spacial score (nSPS) is 19.4. The Hall–Kier alpha value is -1.33. The minimum atomic E-state index is -0.163. The topological polar surface area (TPSA) is 77.2 Å². The van der Waals surface area contributed by atoms with Crippen molar-refractivity contribution in [3.05, 3.63) is 23.9 Å². The van der Waals surface area contributed by atoms with Crippen LogP contribution in [-0.4, -0.2) is 30.1 Å². The Morgan fingerprint density at radius 3 is 3.00 bits per heavy atom. The Labute approximate surface area is 113 Å². The summed E-state index contributed by atoms with van der Waals surface area (Å²) in [7, 11) is 0. The van der Waals surface area contributed by atoms with Gasteiger partial charge in [-0.25, -0.2) is 4.98 Å². The van der Waals surface area contributed by atoms with Crippen LogP contribution in [0.5, 0.6) is 0 Å². The molecule has 0 radical (unpaired) electrons. The lowest BCUT2D eigenvalue weighted by Crippen LogP contribution is -2.35. The number of hydrogen-bond acceptors (Lipinski definition) is 4. The third kappa shape index (κ3) is 4.16. The van der Waals surface area contributed by atoms with E-state index in [0.717, 1.165) is 25.9 Å². The second-order valence-electron chi connectivity index (χ2n) is 4.16. The van der Waals surface area contributed by atoms with Crippen molar-refractivity contribution in [1.82, 2.24) is 10.3 Å². The maximum Gasteiger partial charge on any atom is 0.270 e. The molecular formula is C12H18ClN3O2. The monoisotopic (exact) mass is 271 g/mol. The highest BCUT2D eigenvalue weighted by Crippen LogP contribution is 2.09. The molecule has 1 unspecified atom stereocenters. The summed E-state index contributed by atoms with van der Waals surface area (Å²) in [4.78, 5) is 15.9. The van der Waals surface area contributed by atoms with Crippen LogP contribution in [0.1, 0.15) is 29.8 Å². The summed E-state index contributed by atoms with van der Waals surface area (Å²) in [6, 6.07) is 5.23. The zero-order valence-electron chi connectivity index (χ0n) is 10.1. The van der Waals surface area contributed by atoms with Gasteiger partial charge in [-0.3, -0.25) is 4.79 Å². The van der Waals surface area contributed by atoms with E-state index < -0.39 is 0 Å². The molecule has 0 aliphatic carbocycles. The number of nitrogens with two attached hydrogens (primary N) is 1. The standard InChI is InChI=1S/C12H17N3O2.ClH/c13-11-5-1-4-10(15-11)12(16)14-9-3-2-7-17-8-6-9;/h1,4-5,9H,2-3,6-8H2,(H2,13,15)(H,14,16);1H. The van der Waals surface area contributed by atoms with Crippen molar-refractivity contribution in [2.75, 3.05) is 18.9 Å². The molecule has 3 N–H and O–H groups in total. The number of rotatable bonds is 2. The molecule has 5 nitrogen and oxygen atoms in total. The van der Waals surface area contributed by atoms with Crippen LogP contribution in [0.2, 0.25) is 0 Å². The second-order valence-corrected chi connectivity index (χ2v) is 4.16. The van der Waals surface area contributed by atoms with Gasteiger partial charge < -0.3 is 15.8 Å². The lowest BCUT2D eigenvalue weighted by atomic mass is 10.1. The fourth-order valence-corrected chi connectivity index (χ4v) is 1.89. The molecule has 100 valence electrons. The number of ether oxygens (including phenoxy) is 1. The Morgan fingerprint density at radius 2 is 2.22 bits per heavy atom. The van der Waals surface area contributed by atoms with E-state index in [1.165, 1.54) is 0 Å². The van der Waals surface area contributed by atoms with Gasteiger partial charge in [-0.2, -0.15) is 0 Å². The van der Waals surface area contributed by atoms with Gasteiger partial charge in [0.15, 0.2) is 0 Å². The first-order valence-electron chi connectivity index (χ1n) is 5.87. The smallest absolute Gasteiger partial charge is 0.270 e. The molecule has 2 heterocycles. The van der Waals surface area contributed by atoms with Crippen LogP contribution in [0.15, 0.2) is 18.2 Å². The first-order chi connectivity index (χ1) is 8.25. The first-order valence-corrected chi connectivity index (χ1v) is 5.87. The van der Waals surface area contributed by atoms with Gasteiger partial charge in [-0.05, 0) is 31.4 Å². The van der Waals surface area contributed by atoms with E-state index >= 15 is 0 Å². The molecule has 6 heteroatoms. The van der Waals surface area contributed by atoms with E-state index in [1.54, 1.807) is 18.2 Å². The average molecular weight is 272 g/mol. The van der Waals surface area contributed by atoms with Crippen molar-refractivity contribution in [3.63, 3.8) is 0 Å². The summed E-state index contributed by atoms with van der Waals surface area (Å²) < 4.78 is 5.34.